The van der Waals surface area contributed by atoms with Crippen molar-refractivity contribution >= 4 is 39.4 Å². The molecule has 0 unspecified atom stereocenters. The number of hydrogen-bond donors (Lipinski definition) is 0. The summed E-state index contributed by atoms with van der Waals surface area (Å²) in [7, 11) is 0. The number of carbonyl (C=O) groups is 2. The zero-order valence-electron chi connectivity index (χ0n) is 10.5. The standard InChI is InChI=1S/C7H4ClNO3.C7H5ClO/c8-7(10)5-2-1-3-6(4-5)9(11)12;8-7(9)6-4-2-1-3-5-6/h1-4H;1-5H. The third-order valence-electron chi connectivity index (χ3n) is 2.28. The molecule has 0 bridgehead atoms. The molecular formula is C14H9Cl2NO4. The summed E-state index contributed by atoms with van der Waals surface area (Å²) >= 11 is 10.3. The van der Waals surface area contributed by atoms with E-state index in [0.29, 0.717) is 5.56 Å². The lowest BCUT2D eigenvalue weighted by molar-refractivity contribution is -0.384. The van der Waals surface area contributed by atoms with E-state index in [9.17, 15) is 19.7 Å². The Morgan fingerprint density at radius 3 is 1.81 bits per heavy atom. The van der Waals surface area contributed by atoms with Gasteiger partial charge in [0.05, 0.1) is 4.92 Å². The van der Waals surface area contributed by atoms with E-state index in [1.165, 1.54) is 18.2 Å². The molecule has 0 spiro atoms. The van der Waals surface area contributed by atoms with Crippen molar-refractivity contribution in [2.45, 2.75) is 0 Å². The second kappa shape index (κ2) is 8.14. The van der Waals surface area contributed by atoms with Crippen molar-refractivity contribution in [1.29, 1.82) is 0 Å². The highest BCUT2D eigenvalue weighted by molar-refractivity contribution is 6.68. The Kier molecular flexibility index (Phi) is 6.52. The van der Waals surface area contributed by atoms with Crippen molar-refractivity contribution in [3.8, 4) is 0 Å². The van der Waals surface area contributed by atoms with Crippen molar-refractivity contribution in [3.63, 3.8) is 0 Å². The molecule has 0 atom stereocenters. The molecule has 0 heterocycles. The molecule has 108 valence electrons. The Bertz CT molecular complexity index is 630. The van der Waals surface area contributed by atoms with Gasteiger partial charge in [-0.1, -0.05) is 36.4 Å². The number of non-ortho nitro benzene ring substituents is 1. The highest BCUT2D eigenvalue weighted by Crippen LogP contribution is 2.14. The molecule has 0 radical (unpaired) electrons. The van der Waals surface area contributed by atoms with Crippen LogP contribution in [0.15, 0.2) is 54.6 Å². The highest BCUT2D eigenvalue weighted by atomic mass is 35.5. The number of carbonyl (C=O) groups excluding carboxylic acids is 2. The molecule has 7 heteroatoms. The fourth-order valence-electron chi connectivity index (χ4n) is 1.31. The molecule has 0 aliphatic rings. The molecule has 2 aromatic carbocycles. The molecule has 2 rings (SSSR count). The van der Waals surface area contributed by atoms with Gasteiger partial charge >= 0.3 is 0 Å². The smallest absolute Gasteiger partial charge is 0.270 e. The van der Waals surface area contributed by atoms with E-state index in [1.807, 2.05) is 6.07 Å². The molecule has 0 N–H and O–H groups in total. The fraction of sp³-hybridized carbons (Fsp3) is 0. The Labute approximate surface area is 130 Å². The zero-order valence-corrected chi connectivity index (χ0v) is 12.0. The van der Waals surface area contributed by atoms with Crippen LogP contribution in [-0.2, 0) is 0 Å². The van der Waals surface area contributed by atoms with Gasteiger partial charge in [-0.2, -0.15) is 0 Å². The van der Waals surface area contributed by atoms with Gasteiger partial charge < -0.3 is 0 Å². The number of nitro groups is 1. The van der Waals surface area contributed by atoms with Gasteiger partial charge in [0.15, 0.2) is 0 Å². The van der Waals surface area contributed by atoms with E-state index in [4.69, 9.17) is 23.2 Å². The molecular weight excluding hydrogens is 317 g/mol. The van der Waals surface area contributed by atoms with E-state index < -0.39 is 15.4 Å². The summed E-state index contributed by atoms with van der Waals surface area (Å²) in [6, 6.07) is 14.0. The van der Waals surface area contributed by atoms with Crippen LogP contribution in [0.1, 0.15) is 20.7 Å². The minimum Gasteiger partial charge on any atom is -0.276 e. The predicted molar refractivity (Wildman–Crippen MR) is 79.9 cm³/mol. The van der Waals surface area contributed by atoms with Crippen molar-refractivity contribution in [2.75, 3.05) is 0 Å². The van der Waals surface area contributed by atoms with Crippen LogP contribution in [0.3, 0.4) is 0 Å². The first kappa shape index (κ1) is 16.8. The maximum Gasteiger partial charge on any atom is 0.270 e. The number of rotatable bonds is 3. The maximum atomic E-state index is 10.6. The van der Waals surface area contributed by atoms with Gasteiger partial charge in [-0.15, -0.1) is 0 Å². The molecule has 0 saturated carbocycles. The predicted octanol–water partition coefficient (Wildman–Crippen LogP) is 4.04. The monoisotopic (exact) mass is 325 g/mol. The fourth-order valence-corrected chi connectivity index (χ4v) is 1.55. The summed E-state index contributed by atoms with van der Waals surface area (Å²) in [5.74, 6) is 0. The number of nitro benzene ring substituents is 1. The van der Waals surface area contributed by atoms with Gasteiger partial charge in [-0.25, -0.2) is 0 Å². The van der Waals surface area contributed by atoms with Crippen LogP contribution >= 0.6 is 23.2 Å². The zero-order chi connectivity index (χ0) is 15.8. The minimum atomic E-state index is -0.696. The second-order valence-corrected chi connectivity index (χ2v) is 4.41. The van der Waals surface area contributed by atoms with Gasteiger partial charge in [-0.05, 0) is 29.3 Å². The Morgan fingerprint density at radius 1 is 0.857 bits per heavy atom. The van der Waals surface area contributed by atoms with Crippen LogP contribution in [0, 0.1) is 10.1 Å². The third kappa shape index (κ3) is 5.72. The minimum absolute atomic E-state index is 0.130. The van der Waals surface area contributed by atoms with Crippen molar-refractivity contribution in [2.24, 2.45) is 0 Å². The van der Waals surface area contributed by atoms with E-state index in [2.05, 4.69) is 0 Å². The second-order valence-electron chi connectivity index (χ2n) is 3.72. The van der Waals surface area contributed by atoms with Crippen LogP contribution in [0.25, 0.3) is 0 Å². The first-order chi connectivity index (χ1) is 9.91. The van der Waals surface area contributed by atoms with Crippen LogP contribution in [0.4, 0.5) is 5.69 Å². The van der Waals surface area contributed by atoms with Crippen LogP contribution < -0.4 is 0 Å². The Morgan fingerprint density at radius 2 is 1.38 bits per heavy atom. The SMILES string of the molecule is O=C(Cl)c1cccc([N+](=O)[O-])c1.O=C(Cl)c1ccccc1. The molecule has 2 aromatic rings. The molecule has 0 fully saturated rings. The topological polar surface area (TPSA) is 77.3 Å². The summed E-state index contributed by atoms with van der Waals surface area (Å²) in [6.45, 7) is 0. The van der Waals surface area contributed by atoms with Crippen molar-refractivity contribution < 1.29 is 14.5 Å². The number of benzene rings is 2. The van der Waals surface area contributed by atoms with Gasteiger partial charge in [-0.3, -0.25) is 19.7 Å². The van der Waals surface area contributed by atoms with E-state index in [1.54, 1.807) is 24.3 Å². The molecule has 0 saturated heterocycles. The van der Waals surface area contributed by atoms with E-state index >= 15 is 0 Å². The lowest BCUT2D eigenvalue weighted by Crippen LogP contribution is -1.92. The normalized spacial score (nSPS) is 9.24. The average Bonchev–Trinajstić information content (AvgIpc) is 2.49. The Balaban J connectivity index is 0.000000219. The lowest BCUT2D eigenvalue weighted by Gasteiger charge is -1.92. The van der Waals surface area contributed by atoms with E-state index in [-0.39, 0.29) is 11.3 Å². The third-order valence-corrected chi connectivity index (χ3v) is 2.72. The van der Waals surface area contributed by atoms with Crippen molar-refractivity contribution in [3.05, 3.63) is 75.8 Å². The first-order valence-corrected chi connectivity index (χ1v) is 6.36. The first-order valence-electron chi connectivity index (χ1n) is 5.61. The molecule has 0 aliphatic heterocycles. The highest BCUT2D eigenvalue weighted by Gasteiger charge is 2.08. The number of halogens is 2. The van der Waals surface area contributed by atoms with Crippen LogP contribution in [0.2, 0.25) is 0 Å². The molecule has 0 aliphatic carbocycles. The van der Waals surface area contributed by atoms with Gasteiger partial charge in [0.2, 0.25) is 0 Å². The lowest BCUT2D eigenvalue weighted by atomic mass is 10.2. The number of hydrogen-bond acceptors (Lipinski definition) is 4. The average molecular weight is 326 g/mol. The van der Waals surface area contributed by atoms with Crippen molar-refractivity contribution in [1.82, 2.24) is 0 Å². The quantitative estimate of drug-likeness (QED) is 0.484. The maximum absolute atomic E-state index is 10.6. The molecule has 0 amide bonds. The largest absolute Gasteiger partial charge is 0.276 e. The molecule has 5 nitrogen and oxygen atoms in total. The summed E-state index contributed by atoms with van der Waals surface area (Å²) in [6.07, 6.45) is 0. The summed E-state index contributed by atoms with van der Waals surface area (Å²) in [5.41, 5.74) is 0.534. The van der Waals surface area contributed by atoms with Crippen LogP contribution in [0.5, 0.6) is 0 Å². The molecule has 0 aromatic heterocycles. The van der Waals surface area contributed by atoms with Crippen LogP contribution in [-0.4, -0.2) is 15.4 Å². The molecule has 21 heavy (non-hydrogen) atoms. The Hall–Kier alpha value is -2.24. The van der Waals surface area contributed by atoms with E-state index in [0.717, 1.165) is 6.07 Å². The van der Waals surface area contributed by atoms with Gasteiger partial charge in [0.25, 0.3) is 16.2 Å². The number of nitrogens with zero attached hydrogens (tertiary/aromatic N) is 1. The summed E-state index contributed by atoms with van der Waals surface area (Å²) in [4.78, 5) is 30.6. The summed E-state index contributed by atoms with van der Waals surface area (Å²) < 4.78 is 0. The van der Waals surface area contributed by atoms with Gasteiger partial charge in [0.1, 0.15) is 0 Å². The summed E-state index contributed by atoms with van der Waals surface area (Å²) in [5, 5.41) is 9.12. The van der Waals surface area contributed by atoms with Gasteiger partial charge in [0, 0.05) is 23.3 Å².